The Hall–Kier alpha value is -2.55. The maximum Gasteiger partial charge on any atom is 0.308 e. The van der Waals surface area contributed by atoms with Gasteiger partial charge in [0.1, 0.15) is 5.75 Å². The summed E-state index contributed by atoms with van der Waals surface area (Å²) in [6.07, 6.45) is 9.46. The van der Waals surface area contributed by atoms with Gasteiger partial charge in [-0.05, 0) is 79.3 Å². The van der Waals surface area contributed by atoms with Crippen LogP contribution in [-0.2, 0) is 16.0 Å². The van der Waals surface area contributed by atoms with Crippen LogP contribution in [0.1, 0.15) is 69.1 Å². The van der Waals surface area contributed by atoms with Gasteiger partial charge in [-0.1, -0.05) is 56.3 Å². The van der Waals surface area contributed by atoms with Crippen LogP contribution >= 0.6 is 0 Å². The zero-order valence-electron chi connectivity index (χ0n) is 18.4. The molecule has 0 radical (unpaired) electrons. The second kappa shape index (κ2) is 11.6. The molecule has 3 rings (SSSR count). The summed E-state index contributed by atoms with van der Waals surface area (Å²) in [6.45, 7) is 5.11. The highest BCUT2D eigenvalue weighted by molar-refractivity contribution is 5.83. The number of carbonyl (C=O) groups excluding carboxylic acids is 1. The van der Waals surface area contributed by atoms with Gasteiger partial charge in [0.2, 0.25) is 0 Å². The lowest BCUT2D eigenvalue weighted by Crippen LogP contribution is -2.14. The minimum Gasteiger partial charge on any atom is -0.494 e. The molecule has 160 valence electrons. The van der Waals surface area contributed by atoms with Gasteiger partial charge in [-0.25, -0.2) is 0 Å². The maximum absolute atomic E-state index is 11.6. The van der Waals surface area contributed by atoms with E-state index in [9.17, 15) is 4.79 Å². The molecule has 3 heteroatoms. The molecule has 0 heterocycles. The van der Waals surface area contributed by atoms with E-state index in [4.69, 9.17) is 9.47 Å². The minimum atomic E-state index is -0.0823. The molecular weight excluding hydrogens is 372 g/mol. The van der Waals surface area contributed by atoms with E-state index in [1.54, 1.807) is 0 Å². The third-order valence-electron chi connectivity index (χ3n) is 5.82. The van der Waals surface area contributed by atoms with Crippen LogP contribution in [-0.4, -0.2) is 19.2 Å². The molecule has 0 aromatic heterocycles. The fourth-order valence-corrected chi connectivity index (χ4v) is 3.68. The van der Waals surface area contributed by atoms with Crippen LogP contribution < -0.4 is 4.74 Å². The van der Waals surface area contributed by atoms with Crippen molar-refractivity contribution < 1.29 is 14.3 Å². The largest absolute Gasteiger partial charge is 0.494 e. The molecule has 0 fully saturated rings. The lowest BCUT2D eigenvalue weighted by molar-refractivity contribution is -0.148. The molecule has 2 aromatic carbocycles. The number of unbranched alkanes of at least 4 members (excludes halogenated alkanes) is 2. The van der Waals surface area contributed by atoms with Crippen LogP contribution in [0.5, 0.6) is 5.75 Å². The summed E-state index contributed by atoms with van der Waals surface area (Å²) < 4.78 is 11.2. The van der Waals surface area contributed by atoms with Crippen molar-refractivity contribution in [3.63, 3.8) is 0 Å². The van der Waals surface area contributed by atoms with E-state index < -0.39 is 0 Å². The first-order valence-electron chi connectivity index (χ1n) is 11.4. The average Bonchev–Trinajstić information content (AvgIpc) is 3.00. The van der Waals surface area contributed by atoms with Gasteiger partial charge >= 0.3 is 5.97 Å². The van der Waals surface area contributed by atoms with Crippen molar-refractivity contribution >= 4 is 17.6 Å². The van der Waals surface area contributed by atoms with E-state index in [-0.39, 0.29) is 11.9 Å². The Morgan fingerprint density at radius 3 is 2.53 bits per heavy atom. The molecule has 30 heavy (non-hydrogen) atoms. The summed E-state index contributed by atoms with van der Waals surface area (Å²) in [5.41, 5.74) is 5.47. The Morgan fingerprint density at radius 1 is 0.967 bits per heavy atom. The molecule has 1 aliphatic carbocycles. The van der Waals surface area contributed by atoms with Gasteiger partial charge in [-0.15, -0.1) is 0 Å². The SMILES string of the molecule is CCC(C)C(=O)OCCCCCOc1ccc(C2=Cc3ccccc3CCC2)cc1. The Morgan fingerprint density at radius 2 is 1.73 bits per heavy atom. The summed E-state index contributed by atoms with van der Waals surface area (Å²) >= 11 is 0. The minimum absolute atomic E-state index is 0.000186. The van der Waals surface area contributed by atoms with Crippen LogP contribution in [0.25, 0.3) is 11.6 Å². The summed E-state index contributed by atoms with van der Waals surface area (Å²) in [5.74, 6) is 0.831. The van der Waals surface area contributed by atoms with Crippen molar-refractivity contribution in [2.75, 3.05) is 13.2 Å². The number of aryl methyl sites for hydroxylation is 1. The van der Waals surface area contributed by atoms with Gasteiger partial charge in [0, 0.05) is 0 Å². The van der Waals surface area contributed by atoms with Gasteiger partial charge in [-0.3, -0.25) is 4.79 Å². The third kappa shape index (κ3) is 6.48. The van der Waals surface area contributed by atoms with E-state index in [1.165, 1.54) is 28.7 Å². The highest BCUT2D eigenvalue weighted by Gasteiger charge is 2.11. The lowest BCUT2D eigenvalue weighted by atomic mass is 10.0. The predicted molar refractivity (Wildman–Crippen MR) is 123 cm³/mol. The van der Waals surface area contributed by atoms with E-state index >= 15 is 0 Å². The van der Waals surface area contributed by atoms with Crippen molar-refractivity contribution in [3.05, 3.63) is 65.2 Å². The normalized spacial score (nSPS) is 14.3. The Bertz CT molecular complexity index is 835. The van der Waals surface area contributed by atoms with Crippen molar-refractivity contribution in [2.45, 2.75) is 58.8 Å². The van der Waals surface area contributed by atoms with Gasteiger partial charge in [-0.2, -0.15) is 0 Å². The topological polar surface area (TPSA) is 35.5 Å². The van der Waals surface area contributed by atoms with Gasteiger partial charge in [0.15, 0.2) is 0 Å². The molecule has 0 saturated carbocycles. The Labute approximate surface area is 181 Å². The second-order valence-electron chi connectivity index (χ2n) is 8.13. The van der Waals surface area contributed by atoms with Crippen molar-refractivity contribution in [1.82, 2.24) is 0 Å². The molecule has 0 spiro atoms. The zero-order chi connectivity index (χ0) is 21.2. The molecule has 1 unspecified atom stereocenters. The lowest BCUT2D eigenvalue weighted by Gasteiger charge is -2.10. The molecule has 0 amide bonds. The first-order valence-corrected chi connectivity index (χ1v) is 11.4. The standard InChI is InChI=1S/C27H34O3/c1-3-21(2)27(28)30-19-8-4-7-18-29-26-16-14-23(15-17-26)25-13-9-12-22-10-5-6-11-24(22)20-25/h5-6,10-11,14-17,20-21H,3-4,7-9,12-13,18-19H2,1-2H3. The summed E-state index contributed by atoms with van der Waals surface area (Å²) in [7, 11) is 0. The molecule has 2 aromatic rings. The predicted octanol–water partition coefficient (Wildman–Crippen LogP) is 6.70. The van der Waals surface area contributed by atoms with E-state index in [0.717, 1.165) is 44.3 Å². The number of hydrogen-bond donors (Lipinski definition) is 0. The van der Waals surface area contributed by atoms with Crippen LogP contribution in [0.3, 0.4) is 0 Å². The molecule has 1 aliphatic rings. The van der Waals surface area contributed by atoms with Crippen LogP contribution in [0.15, 0.2) is 48.5 Å². The van der Waals surface area contributed by atoms with E-state index in [1.807, 2.05) is 13.8 Å². The molecule has 1 atom stereocenters. The first kappa shape index (κ1) is 22.1. The van der Waals surface area contributed by atoms with Gasteiger partial charge < -0.3 is 9.47 Å². The summed E-state index contributed by atoms with van der Waals surface area (Å²) in [6, 6.07) is 17.2. The number of rotatable bonds is 10. The fraction of sp³-hybridized carbons (Fsp3) is 0.444. The van der Waals surface area contributed by atoms with Gasteiger partial charge in [0.05, 0.1) is 19.1 Å². The van der Waals surface area contributed by atoms with Crippen LogP contribution in [0, 0.1) is 5.92 Å². The molecule has 0 bridgehead atoms. The van der Waals surface area contributed by atoms with Crippen LogP contribution in [0.4, 0.5) is 0 Å². The second-order valence-corrected chi connectivity index (χ2v) is 8.13. The maximum atomic E-state index is 11.6. The fourth-order valence-electron chi connectivity index (χ4n) is 3.68. The van der Waals surface area contributed by atoms with Gasteiger partial charge in [0.25, 0.3) is 0 Å². The number of carbonyl (C=O) groups is 1. The zero-order valence-corrected chi connectivity index (χ0v) is 18.4. The van der Waals surface area contributed by atoms with Crippen LogP contribution in [0.2, 0.25) is 0 Å². The van der Waals surface area contributed by atoms with Crippen molar-refractivity contribution in [3.8, 4) is 5.75 Å². The number of hydrogen-bond acceptors (Lipinski definition) is 3. The molecule has 0 aliphatic heterocycles. The van der Waals surface area contributed by atoms with Crippen molar-refractivity contribution in [2.24, 2.45) is 5.92 Å². The number of allylic oxidation sites excluding steroid dienone is 1. The molecule has 3 nitrogen and oxygen atoms in total. The quantitative estimate of drug-likeness (QED) is 0.325. The number of ether oxygens (including phenoxy) is 2. The monoisotopic (exact) mass is 406 g/mol. The number of fused-ring (bicyclic) bond motifs is 1. The molecule has 0 N–H and O–H groups in total. The third-order valence-corrected chi connectivity index (χ3v) is 5.82. The first-order chi connectivity index (χ1) is 14.7. The highest BCUT2D eigenvalue weighted by Crippen LogP contribution is 2.30. The molecule has 0 saturated heterocycles. The van der Waals surface area contributed by atoms with Crippen molar-refractivity contribution in [1.29, 1.82) is 0 Å². The summed E-state index contributed by atoms with van der Waals surface area (Å²) in [5, 5.41) is 0. The Kier molecular flexibility index (Phi) is 8.55. The smallest absolute Gasteiger partial charge is 0.308 e. The number of benzene rings is 2. The van der Waals surface area contributed by atoms with E-state index in [0.29, 0.717) is 13.2 Å². The number of esters is 1. The molecular formula is C27H34O3. The summed E-state index contributed by atoms with van der Waals surface area (Å²) in [4.78, 5) is 11.6. The average molecular weight is 407 g/mol. The van der Waals surface area contributed by atoms with E-state index in [2.05, 4.69) is 54.6 Å². The highest BCUT2D eigenvalue weighted by atomic mass is 16.5. The Balaban J connectivity index is 1.40.